The number of aryl methyl sites for hydroxylation is 2. The van der Waals surface area contributed by atoms with Crippen LogP contribution in [0.3, 0.4) is 0 Å². The minimum absolute atomic E-state index is 0.0755. The molecule has 0 saturated carbocycles. The Bertz CT molecular complexity index is 894. The van der Waals surface area contributed by atoms with E-state index in [1.807, 2.05) is 6.92 Å². The van der Waals surface area contributed by atoms with Gasteiger partial charge in [-0.1, -0.05) is 17.7 Å². The van der Waals surface area contributed by atoms with E-state index in [1.54, 1.807) is 25.1 Å². The number of carboxylic acid groups (broad SMARTS) is 1. The summed E-state index contributed by atoms with van der Waals surface area (Å²) in [6.45, 7) is 4.40. The highest BCUT2D eigenvalue weighted by Gasteiger charge is 2.18. The maximum absolute atomic E-state index is 12.4. The Morgan fingerprint density at radius 2 is 1.85 bits per heavy atom. The molecule has 3 rings (SSSR count). The standard InChI is InChI=1S/C19H18ClNO5/c1-10-5-11(2)15(9-13(10)19(23)24)21-17(22)8-12-6-14(20)18-16(7-12)25-3-4-26-18/h5-7,9H,3-4,8H2,1-2H3,(H,21,22)(H,23,24). The number of anilines is 1. The molecule has 0 aromatic heterocycles. The van der Waals surface area contributed by atoms with Gasteiger partial charge in [0.05, 0.1) is 17.0 Å². The molecule has 2 N–H and O–H groups in total. The smallest absolute Gasteiger partial charge is 0.336 e. The summed E-state index contributed by atoms with van der Waals surface area (Å²) in [4.78, 5) is 23.7. The van der Waals surface area contributed by atoms with Crippen LogP contribution in [0, 0.1) is 13.8 Å². The topological polar surface area (TPSA) is 84.9 Å². The molecule has 0 spiro atoms. The van der Waals surface area contributed by atoms with E-state index in [0.29, 0.717) is 46.5 Å². The predicted octanol–water partition coefficient (Wildman–Crippen LogP) is 3.61. The molecule has 1 aliphatic rings. The zero-order chi connectivity index (χ0) is 18.8. The fraction of sp³-hybridized carbons (Fsp3) is 0.263. The number of carbonyl (C=O) groups is 2. The average Bonchev–Trinajstić information content (AvgIpc) is 2.57. The highest BCUT2D eigenvalue weighted by atomic mass is 35.5. The normalized spacial score (nSPS) is 12.6. The van der Waals surface area contributed by atoms with Gasteiger partial charge >= 0.3 is 5.97 Å². The molecule has 1 heterocycles. The van der Waals surface area contributed by atoms with Gasteiger partial charge in [-0.25, -0.2) is 4.79 Å². The van der Waals surface area contributed by atoms with Gasteiger partial charge in [-0.3, -0.25) is 4.79 Å². The number of carboxylic acids is 1. The molecule has 1 amide bonds. The molecule has 0 saturated heterocycles. The molecule has 136 valence electrons. The molecule has 26 heavy (non-hydrogen) atoms. The van der Waals surface area contributed by atoms with Crippen LogP contribution in [0.1, 0.15) is 27.0 Å². The van der Waals surface area contributed by atoms with Gasteiger partial charge in [-0.15, -0.1) is 0 Å². The van der Waals surface area contributed by atoms with Crippen LogP contribution in [0.5, 0.6) is 11.5 Å². The summed E-state index contributed by atoms with van der Waals surface area (Å²) in [5.74, 6) is -0.300. The maximum atomic E-state index is 12.4. The second-order valence-electron chi connectivity index (χ2n) is 6.11. The van der Waals surface area contributed by atoms with Gasteiger partial charge in [0.25, 0.3) is 0 Å². The van der Waals surface area contributed by atoms with Gasteiger partial charge in [0.1, 0.15) is 13.2 Å². The maximum Gasteiger partial charge on any atom is 0.336 e. The third-order valence-electron chi connectivity index (χ3n) is 4.10. The zero-order valence-electron chi connectivity index (χ0n) is 14.4. The van der Waals surface area contributed by atoms with Crippen LogP contribution in [0.2, 0.25) is 5.02 Å². The molecule has 0 radical (unpaired) electrons. The Morgan fingerprint density at radius 1 is 1.12 bits per heavy atom. The van der Waals surface area contributed by atoms with Crippen molar-refractivity contribution in [3.63, 3.8) is 0 Å². The number of benzene rings is 2. The van der Waals surface area contributed by atoms with E-state index in [-0.39, 0.29) is 17.9 Å². The molecular formula is C19H18ClNO5. The van der Waals surface area contributed by atoms with Crippen molar-refractivity contribution >= 4 is 29.2 Å². The lowest BCUT2D eigenvalue weighted by atomic mass is 10.0. The van der Waals surface area contributed by atoms with Gasteiger partial charge in [0.2, 0.25) is 5.91 Å². The minimum atomic E-state index is -1.03. The van der Waals surface area contributed by atoms with Crippen molar-refractivity contribution < 1.29 is 24.2 Å². The molecule has 6 nitrogen and oxygen atoms in total. The van der Waals surface area contributed by atoms with Crippen LogP contribution < -0.4 is 14.8 Å². The third kappa shape index (κ3) is 3.75. The van der Waals surface area contributed by atoms with E-state index in [2.05, 4.69) is 5.32 Å². The van der Waals surface area contributed by atoms with Crippen molar-refractivity contribution in [3.8, 4) is 11.5 Å². The van der Waals surface area contributed by atoms with E-state index in [1.165, 1.54) is 6.07 Å². The number of hydrogen-bond donors (Lipinski definition) is 2. The molecular weight excluding hydrogens is 358 g/mol. The molecule has 0 aliphatic carbocycles. The molecule has 0 fully saturated rings. The van der Waals surface area contributed by atoms with Crippen LogP contribution in [0.25, 0.3) is 0 Å². The highest BCUT2D eigenvalue weighted by Crippen LogP contribution is 2.38. The van der Waals surface area contributed by atoms with Crippen LogP contribution in [-0.2, 0) is 11.2 Å². The number of aromatic carboxylic acids is 1. The summed E-state index contributed by atoms with van der Waals surface area (Å²) in [5.41, 5.74) is 2.75. The van der Waals surface area contributed by atoms with Crippen LogP contribution in [0.15, 0.2) is 24.3 Å². The predicted molar refractivity (Wildman–Crippen MR) is 97.7 cm³/mol. The number of hydrogen-bond acceptors (Lipinski definition) is 4. The zero-order valence-corrected chi connectivity index (χ0v) is 15.1. The summed E-state index contributed by atoms with van der Waals surface area (Å²) >= 11 is 6.19. The lowest BCUT2D eigenvalue weighted by Gasteiger charge is -2.20. The Kier molecular flexibility index (Phi) is 5.04. The number of rotatable bonds is 4. The van der Waals surface area contributed by atoms with Crippen molar-refractivity contribution in [1.82, 2.24) is 0 Å². The first kappa shape index (κ1) is 18.1. The van der Waals surface area contributed by atoms with Gasteiger partial charge in [0.15, 0.2) is 11.5 Å². The lowest BCUT2D eigenvalue weighted by Crippen LogP contribution is -2.18. The van der Waals surface area contributed by atoms with Crippen molar-refractivity contribution in [2.45, 2.75) is 20.3 Å². The van der Waals surface area contributed by atoms with Gasteiger partial charge < -0.3 is 19.9 Å². The molecule has 0 bridgehead atoms. The van der Waals surface area contributed by atoms with Gasteiger partial charge in [0, 0.05) is 5.69 Å². The molecule has 7 heteroatoms. The van der Waals surface area contributed by atoms with Crippen molar-refractivity contribution in [2.24, 2.45) is 0 Å². The van der Waals surface area contributed by atoms with E-state index in [9.17, 15) is 14.7 Å². The number of halogens is 1. The average molecular weight is 376 g/mol. The summed E-state index contributed by atoms with van der Waals surface area (Å²) < 4.78 is 11.0. The Labute approximate surface area is 155 Å². The summed E-state index contributed by atoms with van der Waals surface area (Å²) in [6, 6.07) is 6.60. The van der Waals surface area contributed by atoms with Crippen LogP contribution in [0.4, 0.5) is 5.69 Å². The number of fused-ring (bicyclic) bond motifs is 1. The quantitative estimate of drug-likeness (QED) is 0.852. The van der Waals surface area contributed by atoms with Crippen molar-refractivity contribution in [2.75, 3.05) is 18.5 Å². The van der Waals surface area contributed by atoms with Crippen LogP contribution in [-0.4, -0.2) is 30.2 Å². The number of nitrogens with one attached hydrogen (secondary N) is 1. The summed E-state index contributed by atoms with van der Waals surface area (Å²) in [6.07, 6.45) is 0.0755. The van der Waals surface area contributed by atoms with Gasteiger partial charge in [-0.05, 0) is 48.7 Å². The third-order valence-corrected chi connectivity index (χ3v) is 4.38. The summed E-state index contributed by atoms with van der Waals surface area (Å²) in [5, 5.41) is 12.4. The largest absolute Gasteiger partial charge is 0.486 e. The lowest BCUT2D eigenvalue weighted by molar-refractivity contribution is -0.115. The SMILES string of the molecule is Cc1cc(C)c(C(=O)O)cc1NC(=O)Cc1cc(Cl)c2c(c1)OCCO2. The highest BCUT2D eigenvalue weighted by molar-refractivity contribution is 6.32. The van der Waals surface area contributed by atoms with E-state index >= 15 is 0 Å². The van der Waals surface area contributed by atoms with E-state index < -0.39 is 5.97 Å². The second-order valence-corrected chi connectivity index (χ2v) is 6.52. The Balaban J connectivity index is 1.78. The van der Waals surface area contributed by atoms with Crippen molar-refractivity contribution in [1.29, 1.82) is 0 Å². The Hall–Kier alpha value is -2.73. The minimum Gasteiger partial charge on any atom is -0.486 e. The fourth-order valence-electron chi connectivity index (χ4n) is 2.86. The first-order valence-corrected chi connectivity index (χ1v) is 8.45. The molecule has 1 aliphatic heterocycles. The molecule has 0 unspecified atom stereocenters. The fourth-order valence-corrected chi connectivity index (χ4v) is 3.15. The number of ether oxygens (including phenoxy) is 2. The van der Waals surface area contributed by atoms with Crippen molar-refractivity contribution in [3.05, 3.63) is 51.5 Å². The molecule has 0 atom stereocenters. The second kappa shape index (κ2) is 7.25. The van der Waals surface area contributed by atoms with E-state index in [0.717, 1.165) is 5.56 Å². The first-order chi connectivity index (χ1) is 12.3. The van der Waals surface area contributed by atoms with Crippen LogP contribution >= 0.6 is 11.6 Å². The van der Waals surface area contributed by atoms with E-state index in [4.69, 9.17) is 21.1 Å². The molecule has 2 aromatic carbocycles. The number of amides is 1. The first-order valence-electron chi connectivity index (χ1n) is 8.07. The van der Waals surface area contributed by atoms with Gasteiger partial charge in [-0.2, -0.15) is 0 Å². The number of carbonyl (C=O) groups excluding carboxylic acids is 1. The molecule has 2 aromatic rings. The monoisotopic (exact) mass is 375 g/mol. The summed E-state index contributed by atoms with van der Waals surface area (Å²) in [7, 11) is 0. The Morgan fingerprint density at radius 3 is 2.58 bits per heavy atom.